The molecule has 0 aliphatic carbocycles. The Labute approximate surface area is 202 Å². The van der Waals surface area contributed by atoms with E-state index in [4.69, 9.17) is 11.6 Å². The van der Waals surface area contributed by atoms with E-state index in [9.17, 15) is 14.7 Å². The van der Waals surface area contributed by atoms with E-state index in [1.807, 2.05) is 38.1 Å². The Morgan fingerprint density at radius 2 is 1.91 bits per heavy atom. The number of pyridine rings is 1. The molecule has 4 aromatic rings. The average molecular weight is 477 g/mol. The zero-order valence-corrected chi connectivity index (χ0v) is 19.7. The summed E-state index contributed by atoms with van der Waals surface area (Å²) in [6.45, 7) is 3.54. The molecule has 174 valence electrons. The molecule has 7 nitrogen and oxygen atoms in total. The number of aliphatic hydroxyl groups is 1. The third-order valence-corrected chi connectivity index (χ3v) is 5.59. The fourth-order valence-electron chi connectivity index (χ4n) is 3.90. The number of hydrogen-bond donors (Lipinski definition) is 2. The van der Waals surface area contributed by atoms with Crippen LogP contribution in [-0.4, -0.2) is 38.2 Å². The average Bonchev–Trinajstić information content (AvgIpc) is 2.81. The van der Waals surface area contributed by atoms with Crippen molar-refractivity contribution in [2.75, 3.05) is 6.61 Å². The third kappa shape index (κ3) is 5.00. The molecule has 0 unspecified atom stereocenters. The van der Waals surface area contributed by atoms with Gasteiger partial charge in [-0.25, -0.2) is 9.97 Å². The fourth-order valence-corrected chi connectivity index (χ4v) is 4.09. The summed E-state index contributed by atoms with van der Waals surface area (Å²) in [4.78, 5) is 35.4. The molecule has 0 radical (unpaired) electrons. The Bertz CT molecular complexity index is 1420. The van der Waals surface area contributed by atoms with Gasteiger partial charge < -0.3 is 10.4 Å². The second-order valence-corrected chi connectivity index (χ2v) is 8.72. The van der Waals surface area contributed by atoms with Gasteiger partial charge in [0.25, 0.3) is 5.56 Å². The highest BCUT2D eigenvalue weighted by Gasteiger charge is 2.18. The van der Waals surface area contributed by atoms with Crippen molar-refractivity contribution in [1.29, 1.82) is 0 Å². The number of halogens is 1. The lowest BCUT2D eigenvalue weighted by molar-refractivity contribution is -0.122. The van der Waals surface area contributed by atoms with Crippen molar-refractivity contribution in [3.8, 4) is 22.5 Å². The molecule has 0 aliphatic rings. The first-order chi connectivity index (χ1) is 16.4. The number of rotatable bonds is 7. The topological polar surface area (TPSA) is 97.1 Å². The standard InChI is InChI=1S/C26H25ClN4O3/c1-16(2)29-23(33)15-31-25(18-7-5-8-20(27)12-18)30-24-22(26(31)34)13-19(14-28-24)21-9-4-3-6-17(21)10-11-32/h3-9,12-14,16,32H,10-11,15H2,1-2H3,(H,29,33). The second kappa shape index (κ2) is 10.2. The van der Waals surface area contributed by atoms with E-state index in [0.29, 0.717) is 28.2 Å². The van der Waals surface area contributed by atoms with Gasteiger partial charge in [0.2, 0.25) is 5.91 Å². The number of carbonyl (C=O) groups excluding carboxylic acids is 1. The summed E-state index contributed by atoms with van der Waals surface area (Å²) in [7, 11) is 0. The van der Waals surface area contributed by atoms with Crippen LogP contribution in [0.2, 0.25) is 5.02 Å². The zero-order valence-electron chi connectivity index (χ0n) is 19.0. The molecule has 0 atom stereocenters. The lowest BCUT2D eigenvalue weighted by atomic mass is 9.98. The summed E-state index contributed by atoms with van der Waals surface area (Å²) < 4.78 is 1.36. The van der Waals surface area contributed by atoms with Crippen LogP contribution in [0.4, 0.5) is 0 Å². The van der Waals surface area contributed by atoms with Crippen molar-refractivity contribution >= 4 is 28.5 Å². The van der Waals surface area contributed by atoms with Crippen molar-refractivity contribution in [2.24, 2.45) is 0 Å². The molecule has 8 heteroatoms. The maximum atomic E-state index is 13.7. The molecule has 1 amide bonds. The van der Waals surface area contributed by atoms with Gasteiger partial charge in [-0.05, 0) is 49.6 Å². The number of aliphatic hydroxyl groups excluding tert-OH is 1. The molecule has 2 N–H and O–H groups in total. The van der Waals surface area contributed by atoms with Crippen LogP contribution in [0.15, 0.2) is 65.6 Å². The Morgan fingerprint density at radius 1 is 1.12 bits per heavy atom. The Kier molecular flexibility index (Phi) is 7.05. The van der Waals surface area contributed by atoms with Crippen LogP contribution >= 0.6 is 11.6 Å². The van der Waals surface area contributed by atoms with Gasteiger partial charge in [0.1, 0.15) is 12.4 Å². The zero-order chi connectivity index (χ0) is 24.2. The minimum Gasteiger partial charge on any atom is -0.396 e. The maximum Gasteiger partial charge on any atom is 0.263 e. The highest BCUT2D eigenvalue weighted by atomic mass is 35.5. The predicted molar refractivity (Wildman–Crippen MR) is 134 cm³/mol. The molecule has 0 saturated heterocycles. The number of amides is 1. The Balaban J connectivity index is 1.91. The molecular weight excluding hydrogens is 452 g/mol. The lowest BCUT2D eigenvalue weighted by Crippen LogP contribution is -2.37. The predicted octanol–water partition coefficient (Wildman–Crippen LogP) is 3.84. The van der Waals surface area contributed by atoms with E-state index in [1.54, 1.807) is 36.5 Å². The van der Waals surface area contributed by atoms with Crippen molar-refractivity contribution in [3.63, 3.8) is 0 Å². The van der Waals surface area contributed by atoms with Crippen molar-refractivity contribution < 1.29 is 9.90 Å². The van der Waals surface area contributed by atoms with Crippen molar-refractivity contribution in [1.82, 2.24) is 19.9 Å². The first-order valence-electron chi connectivity index (χ1n) is 11.0. The van der Waals surface area contributed by atoms with Gasteiger partial charge in [0, 0.05) is 35.0 Å². The van der Waals surface area contributed by atoms with Gasteiger partial charge in [-0.2, -0.15) is 0 Å². The number of nitrogens with zero attached hydrogens (tertiary/aromatic N) is 3. The fraction of sp³-hybridized carbons (Fsp3) is 0.231. The molecule has 4 rings (SSSR count). The summed E-state index contributed by atoms with van der Waals surface area (Å²) in [5.74, 6) is 0.0266. The SMILES string of the molecule is CC(C)NC(=O)Cn1c(-c2cccc(Cl)c2)nc2ncc(-c3ccccc3CCO)cc2c1=O. The molecular formula is C26H25ClN4O3. The molecule has 0 spiro atoms. The van der Waals surface area contributed by atoms with Crippen molar-refractivity contribution in [2.45, 2.75) is 32.9 Å². The van der Waals surface area contributed by atoms with Crippen LogP contribution in [0, 0.1) is 0 Å². The number of carbonyl (C=O) groups is 1. The largest absolute Gasteiger partial charge is 0.396 e. The normalized spacial score (nSPS) is 11.2. The van der Waals surface area contributed by atoms with Crippen LogP contribution in [0.1, 0.15) is 19.4 Å². The first-order valence-corrected chi connectivity index (χ1v) is 11.4. The molecule has 0 bridgehead atoms. The summed E-state index contributed by atoms with van der Waals surface area (Å²) in [5.41, 5.74) is 3.10. The summed E-state index contributed by atoms with van der Waals surface area (Å²) in [5, 5.41) is 13.0. The highest BCUT2D eigenvalue weighted by molar-refractivity contribution is 6.30. The van der Waals surface area contributed by atoms with Gasteiger partial charge in [0.15, 0.2) is 5.65 Å². The van der Waals surface area contributed by atoms with Crippen LogP contribution in [-0.2, 0) is 17.8 Å². The van der Waals surface area contributed by atoms with Gasteiger partial charge >= 0.3 is 0 Å². The maximum absolute atomic E-state index is 13.7. The molecule has 2 aromatic carbocycles. The molecule has 0 aliphatic heterocycles. The summed E-state index contributed by atoms with van der Waals surface area (Å²) >= 11 is 6.18. The van der Waals surface area contributed by atoms with E-state index < -0.39 is 0 Å². The number of benzene rings is 2. The van der Waals surface area contributed by atoms with E-state index in [0.717, 1.165) is 16.7 Å². The minimum atomic E-state index is -0.368. The lowest BCUT2D eigenvalue weighted by Gasteiger charge is -2.15. The second-order valence-electron chi connectivity index (χ2n) is 8.29. The van der Waals surface area contributed by atoms with Gasteiger partial charge in [-0.3, -0.25) is 14.2 Å². The summed E-state index contributed by atoms with van der Waals surface area (Å²) in [6.07, 6.45) is 2.16. The van der Waals surface area contributed by atoms with Gasteiger partial charge in [-0.15, -0.1) is 0 Å². The molecule has 34 heavy (non-hydrogen) atoms. The molecule has 0 fully saturated rings. The minimum absolute atomic E-state index is 0.0142. The number of hydrogen-bond acceptors (Lipinski definition) is 5. The number of nitrogens with one attached hydrogen (secondary N) is 1. The van der Waals surface area contributed by atoms with E-state index in [-0.39, 0.29) is 36.3 Å². The van der Waals surface area contributed by atoms with Crippen LogP contribution < -0.4 is 10.9 Å². The van der Waals surface area contributed by atoms with E-state index in [1.165, 1.54) is 4.57 Å². The van der Waals surface area contributed by atoms with Crippen LogP contribution in [0.25, 0.3) is 33.5 Å². The Hall–Kier alpha value is -3.55. The third-order valence-electron chi connectivity index (χ3n) is 5.35. The van der Waals surface area contributed by atoms with Crippen LogP contribution in [0.5, 0.6) is 0 Å². The molecule has 2 aromatic heterocycles. The van der Waals surface area contributed by atoms with Gasteiger partial charge in [-0.1, -0.05) is 48.0 Å². The van der Waals surface area contributed by atoms with E-state index >= 15 is 0 Å². The van der Waals surface area contributed by atoms with E-state index in [2.05, 4.69) is 15.3 Å². The molecule has 0 saturated carbocycles. The quantitative estimate of drug-likeness (QED) is 0.422. The first kappa shape index (κ1) is 23.6. The van der Waals surface area contributed by atoms with Gasteiger partial charge in [0.05, 0.1) is 5.39 Å². The number of fused-ring (bicyclic) bond motifs is 1. The van der Waals surface area contributed by atoms with Crippen molar-refractivity contribution in [3.05, 3.63) is 81.7 Å². The summed E-state index contributed by atoms with van der Waals surface area (Å²) in [6, 6.07) is 16.3. The number of aromatic nitrogens is 3. The molecule has 2 heterocycles. The Morgan fingerprint density at radius 3 is 2.65 bits per heavy atom. The van der Waals surface area contributed by atoms with Crippen LogP contribution in [0.3, 0.4) is 0 Å². The highest BCUT2D eigenvalue weighted by Crippen LogP contribution is 2.27. The smallest absolute Gasteiger partial charge is 0.263 e. The monoisotopic (exact) mass is 476 g/mol.